The van der Waals surface area contributed by atoms with Gasteiger partial charge in [0.1, 0.15) is 12.4 Å². The molecule has 0 aromatic heterocycles. The lowest BCUT2D eigenvalue weighted by Gasteiger charge is -2.31. The second-order valence-electron chi connectivity index (χ2n) is 6.39. The van der Waals surface area contributed by atoms with Gasteiger partial charge in [-0.05, 0) is 55.3 Å². The molecule has 4 nitrogen and oxygen atoms in total. The normalized spacial score (nSPS) is 15.4. The molecule has 1 unspecified atom stereocenters. The highest BCUT2D eigenvalue weighted by atomic mass is 16.5. The Morgan fingerprint density at radius 2 is 1.96 bits per heavy atom. The van der Waals surface area contributed by atoms with Gasteiger partial charge in [0.15, 0.2) is 0 Å². The van der Waals surface area contributed by atoms with Crippen molar-refractivity contribution in [1.29, 1.82) is 0 Å². The minimum absolute atomic E-state index is 0.0230. The molecule has 3 rings (SSSR count). The fourth-order valence-corrected chi connectivity index (χ4v) is 2.78. The zero-order valence-electron chi connectivity index (χ0n) is 14.2. The topological polar surface area (TPSA) is 50.4 Å². The van der Waals surface area contributed by atoms with Crippen LogP contribution in [0.3, 0.4) is 0 Å². The SMILES string of the molecule is Cc1c(COc2ccccc2)cccc1NC(=O)C(C)C1CNC1. The first kappa shape index (κ1) is 16.5. The van der Waals surface area contributed by atoms with Gasteiger partial charge in [-0.15, -0.1) is 0 Å². The third kappa shape index (κ3) is 3.77. The van der Waals surface area contributed by atoms with Gasteiger partial charge in [0, 0.05) is 11.6 Å². The molecule has 4 heteroatoms. The molecular weight excluding hydrogens is 300 g/mol. The van der Waals surface area contributed by atoms with Crippen molar-refractivity contribution in [3.05, 3.63) is 59.7 Å². The third-order valence-corrected chi connectivity index (χ3v) is 4.78. The van der Waals surface area contributed by atoms with E-state index >= 15 is 0 Å². The van der Waals surface area contributed by atoms with Gasteiger partial charge >= 0.3 is 0 Å². The van der Waals surface area contributed by atoms with Gasteiger partial charge in [-0.3, -0.25) is 4.79 Å². The lowest BCUT2D eigenvalue weighted by atomic mass is 9.88. The van der Waals surface area contributed by atoms with Crippen LogP contribution in [0.2, 0.25) is 0 Å². The Hall–Kier alpha value is -2.33. The minimum Gasteiger partial charge on any atom is -0.489 e. The Morgan fingerprint density at radius 3 is 2.62 bits per heavy atom. The molecule has 0 aliphatic carbocycles. The van der Waals surface area contributed by atoms with Crippen molar-refractivity contribution < 1.29 is 9.53 Å². The maximum atomic E-state index is 12.4. The summed E-state index contributed by atoms with van der Waals surface area (Å²) in [5, 5.41) is 6.29. The fraction of sp³-hybridized carbons (Fsp3) is 0.350. The number of anilines is 1. The molecule has 2 aromatic carbocycles. The van der Waals surface area contributed by atoms with E-state index in [-0.39, 0.29) is 11.8 Å². The van der Waals surface area contributed by atoms with Crippen LogP contribution in [0.5, 0.6) is 5.75 Å². The maximum absolute atomic E-state index is 12.4. The van der Waals surface area contributed by atoms with Crippen LogP contribution in [0.25, 0.3) is 0 Å². The van der Waals surface area contributed by atoms with Crippen molar-refractivity contribution in [1.82, 2.24) is 5.32 Å². The van der Waals surface area contributed by atoms with Crippen molar-refractivity contribution in [3.8, 4) is 5.75 Å². The number of amides is 1. The van der Waals surface area contributed by atoms with E-state index < -0.39 is 0 Å². The summed E-state index contributed by atoms with van der Waals surface area (Å²) in [5.41, 5.74) is 3.00. The van der Waals surface area contributed by atoms with E-state index in [1.807, 2.05) is 62.4 Å². The van der Waals surface area contributed by atoms with Crippen LogP contribution in [0.15, 0.2) is 48.5 Å². The molecule has 126 valence electrons. The molecule has 2 aromatic rings. The van der Waals surface area contributed by atoms with Crippen LogP contribution in [-0.2, 0) is 11.4 Å². The Bertz CT molecular complexity index is 696. The van der Waals surface area contributed by atoms with E-state index in [4.69, 9.17) is 4.74 Å². The molecular formula is C20H24N2O2. The molecule has 1 saturated heterocycles. The zero-order valence-corrected chi connectivity index (χ0v) is 14.2. The van der Waals surface area contributed by atoms with E-state index in [2.05, 4.69) is 10.6 Å². The second-order valence-corrected chi connectivity index (χ2v) is 6.39. The Balaban J connectivity index is 1.65. The van der Waals surface area contributed by atoms with E-state index in [1.54, 1.807) is 0 Å². The van der Waals surface area contributed by atoms with Gasteiger partial charge in [0.05, 0.1) is 0 Å². The smallest absolute Gasteiger partial charge is 0.227 e. The average molecular weight is 324 g/mol. The van der Waals surface area contributed by atoms with Crippen LogP contribution >= 0.6 is 0 Å². The molecule has 24 heavy (non-hydrogen) atoms. The Kier molecular flexibility index (Phi) is 5.16. The second kappa shape index (κ2) is 7.49. The predicted molar refractivity (Wildman–Crippen MR) is 96.1 cm³/mol. The lowest BCUT2D eigenvalue weighted by Crippen LogP contribution is -2.48. The Labute approximate surface area is 143 Å². The number of para-hydroxylation sites is 1. The van der Waals surface area contributed by atoms with Crippen LogP contribution < -0.4 is 15.4 Å². The summed E-state index contributed by atoms with van der Waals surface area (Å²) in [6, 6.07) is 15.7. The largest absolute Gasteiger partial charge is 0.489 e. The van der Waals surface area contributed by atoms with Crippen molar-refractivity contribution in [3.63, 3.8) is 0 Å². The molecule has 1 fully saturated rings. The summed E-state index contributed by atoms with van der Waals surface area (Å²) >= 11 is 0. The highest BCUT2D eigenvalue weighted by Crippen LogP contribution is 2.23. The number of carbonyl (C=O) groups is 1. The van der Waals surface area contributed by atoms with Crippen molar-refractivity contribution in [2.45, 2.75) is 20.5 Å². The first-order chi connectivity index (χ1) is 11.6. The molecule has 0 radical (unpaired) electrons. The molecule has 1 atom stereocenters. The highest BCUT2D eigenvalue weighted by Gasteiger charge is 2.28. The molecule has 1 aliphatic rings. The van der Waals surface area contributed by atoms with Crippen molar-refractivity contribution >= 4 is 11.6 Å². The fourth-order valence-electron chi connectivity index (χ4n) is 2.78. The summed E-state index contributed by atoms with van der Waals surface area (Å²) in [7, 11) is 0. The maximum Gasteiger partial charge on any atom is 0.227 e. The number of hydrogen-bond donors (Lipinski definition) is 2. The zero-order chi connectivity index (χ0) is 16.9. The van der Waals surface area contributed by atoms with Crippen LogP contribution in [-0.4, -0.2) is 19.0 Å². The monoisotopic (exact) mass is 324 g/mol. The number of benzene rings is 2. The molecule has 0 saturated carbocycles. The van der Waals surface area contributed by atoms with Gasteiger partial charge in [-0.1, -0.05) is 37.3 Å². The number of ether oxygens (including phenoxy) is 1. The van der Waals surface area contributed by atoms with Crippen LogP contribution in [0, 0.1) is 18.8 Å². The van der Waals surface area contributed by atoms with Crippen LogP contribution in [0.4, 0.5) is 5.69 Å². The van der Waals surface area contributed by atoms with Crippen molar-refractivity contribution in [2.24, 2.45) is 11.8 Å². The predicted octanol–water partition coefficient (Wildman–Crippen LogP) is 3.37. The Morgan fingerprint density at radius 1 is 1.21 bits per heavy atom. The minimum atomic E-state index is 0.0230. The summed E-state index contributed by atoms with van der Waals surface area (Å²) in [5.74, 6) is 1.40. The standard InChI is InChI=1S/C20H24N2O2/c1-14-16(13-24-18-8-4-3-5-9-18)7-6-10-19(14)22-20(23)15(2)17-11-21-12-17/h3-10,15,17,21H,11-13H2,1-2H3,(H,22,23). The molecule has 1 aliphatic heterocycles. The number of carbonyl (C=O) groups excluding carboxylic acids is 1. The van der Waals surface area contributed by atoms with E-state index in [1.165, 1.54) is 0 Å². The van der Waals surface area contributed by atoms with E-state index in [0.717, 1.165) is 35.7 Å². The van der Waals surface area contributed by atoms with Crippen LogP contribution in [0.1, 0.15) is 18.1 Å². The van der Waals surface area contributed by atoms with Gasteiger partial charge in [-0.25, -0.2) is 0 Å². The van der Waals surface area contributed by atoms with E-state index in [0.29, 0.717) is 12.5 Å². The molecule has 0 bridgehead atoms. The summed E-state index contributed by atoms with van der Waals surface area (Å²) in [6.45, 7) is 6.37. The van der Waals surface area contributed by atoms with Gasteiger partial charge in [0.25, 0.3) is 0 Å². The molecule has 1 heterocycles. The first-order valence-corrected chi connectivity index (χ1v) is 8.43. The van der Waals surface area contributed by atoms with Gasteiger partial charge in [-0.2, -0.15) is 0 Å². The van der Waals surface area contributed by atoms with Gasteiger partial charge < -0.3 is 15.4 Å². The summed E-state index contributed by atoms with van der Waals surface area (Å²) < 4.78 is 5.82. The van der Waals surface area contributed by atoms with Crippen molar-refractivity contribution in [2.75, 3.05) is 18.4 Å². The van der Waals surface area contributed by atoms with E-state index in [9.17, 15) is 4.79 Å². The molecule has 2 N–H and O–H groups in total. The average Bonchev–Trinajstić information content (AvgIpc) is 2.55. The number of hydrogen-bond acceptors (Lipinski definition) is 3. The lowest BCUT2D eigenvalue weighted by molar-refractivity contribution is -0.121. The number of nitrogens with one attached hydrogen (secondary N) is 2. The third-order valence-electron chi connectivity index (χ3n) is 4.78. The highest BCUT2D eigenvalue weighted by molar-refractivity contribution is 5.93. The van der Waals surface area contributed by atoms with Gasteiger partial charge in [0.2, 0.25) is 5.91 Å². The summed E-state index contributed by atoms with van der Waals surface area (Å²) in [4.78, 5) is 12.4. The quantitative estimate of drug-likeness (QED) is 0.856. The molecule has 0 spiro atoms. The summed E-state index contributed by atoms with van der Waals surface area (Å²) in [6.07, 6.45) is 0. The number of rotatable bonds is 6. The first-order valence-electron chi connectivity index (χ1n) is 8.43. The molecule has 1 amide bonds.